The summed E-state index contributed by atoms with van der Waals surface area (Å²) in [7, 11) is 4.88. The fourth-order valence-electron chi connectivity index (χ4n) is 2.08. The predicted octanol–water partition coefficient (Wildman–Crippen LogP) is 2.93. The molecule has 0 saturated heterocycles. The van der Waals surface area contributed by atoms with Gasteiger partial charge in [0.05, 0.1) is 20.8 Å². The van der Waals surface area contributed by atoms with Gasteiger partial charge >= 0.3 is 6.03 Å². The molecule has 0 radical (unpaired) electrons. The second kappa shape index (κ2) is 8.67. The molecule has 0 aliphatic heterocycles. The molecule has 0 heterocycles. The van der Waals surface area contributed by atoms with Crippen molar-refractivity contribution in [3.63, 3.8) is 0 Å². The number of hydrogen-bond donors (Lipinski definition) is 1. The highest BCUT2D eigenvalue weighted by molar-refractivity contribution is 5.91. The van der Waals surface area contributed by atoms with Gasteiger partial charge in [0, 0.05) is 30.9 Å². The maximum Gasteiger partial charge on any atom is 0.321 e. The Morgan fingerprint density at radius 1 is 1.00 bits per heavy atom. The van der Waals surface area contributed by atoms with Crippen LogP contribution in [0.1, 0.15) is 0 Å². The van der Waals surface area contributed by atoms with Gasteiger partial charge in [0.1, 0.15) is 23.9 Å². The number of carbonyl (C=O) groups is 1. The number of urea groups is 1. The zero-order valence-corrected chi connectivity index (χ0v) is 14.1. The van der Waals surface area contributed by atoms with E-state index in [-0.39, 0.29) is 6.03 Å². The van der Waals surface area contributed by atoms with Crippen LogP contribution in [0.2, 0.25) is 0 Å². The molecule has 0 saturated carbocycles. The zero-order valence-electron chi connectivity index (χ0n) is 14.1. The molecule has 2 aromatic rings. The van der Waals surface area contributed by atoms with Crippen LogP contribution in [0.4, 0.5) is 10.5 Å². The van der Waals surface area contributed by atoms with Crippen LogP contribution in [0.5, 0.6) is 17.2 Å². The van der Waals surface area contributed by atoms with Crippen molar-refractivity contribution < 1.29 is 19.0 Å². The summed E-state index contributed by atoms with van der Waals surface area (Å²) in [5, 5.41) is 2.81. The van der Waals surface area contributed by atoms with Gasteiger partial charge in [-0.1, -0.05) is 18.2 Å². The molecule has 6 heteroatoms. The SMILES string of the molecule is COc1cc(OC)cc(OCCNC(=O)N(C)c2ccccc2)c1. The first-order valence-corrected chi connectivity index (χ1v) is 7.56. The molecule has 0 unspecified atom stereocenters. The van der Waals surface area contributed by atoms with Crippen molar-refractivity contribution in [1.29, 1.82) is 0 Å². The summed E-state index contributed by atoms with van der Waals surface area (Å²) in [5.74, 6) is 1.92. The van der Waals surface area contributed by atoms with Crippen molar-refractivity contribution in [3.05, 3.63) is 48.5 Å². The highest BCUT2D eigenvalue weighted by atomic mass is 16.5. The van der Waals surface area contributed by atoms with E-state index < -0.39 is 0 Å². The smallest absolute Gasteiger partial charge is 0.321 e. The first kappa shape index (κ1) is 17.5. The molecule has 0 fully saturated rings. The van der Waals surface area contributed by atoms with E-state index in [4.69, 9.17) is 14.2 Å². The van der Waals surface area contributed by atoms with E-state index in [0.29, 0.717) is 30.4 Å². The maximum atomic E-state index is 12.1. The first-order valence-electron chi connectivity index (χ1n) is 7.56. The quantitative estimate of drug-likeness (QED) is 0.793. The summed E-state index contributed by atoms with van der Waals surface area (Å²) >= 11 is 0. The summed E-state index contributed by atoms with van der Waals surface area (Å²) in [5.41, 5.74) is 0.827. The van der Waals surface area contributed by atoms with Crippen LogP contribution >= 0.6 is 0 Å². The van der Waals surface area contributed by atoms with Gasteiger partial charge in [-0.15, -0.1) is 0 Å². The average molecular weight is 330 g/mol. The van der Waals surface area contributed by atoms with Crippen LogP contribution in [0.25, 0.3) is 0 Å². The Morgan fingerprint density at radius 2 is 1.58 bits per heavy atom. The summed E-state index contributed by atoms with van der Waals surface area (Å²) < 4.78 is 16.0. The molecule has 0 spiro atoms. The van der Waals surface area contributed by atoms with Gasteiger partial charge in [-0.3, -0.25) is 4.90 Å². The highest BCUT2D eigenvalue weighted by Gasteiger charge is 2.09. The number of carbonyl (C=O) groups excluding carboxylic acids is 1. The first-order chi connectivity index (χ1) is 11.6. The van der Waals surface area contributed by atoms with Crippen LogP contribution in [0.3, 0.4) is 0 Å². The molecule has 0 atom stereocenters. The fourth-order valence-corrected chi connectivity index (χ4v) is 2.08. The molecule has 24 heavy (non-hydrogen) atoms. The Kier molecular flexibility index (Phi) is 6.31. The molecular formula is C18H22N2O4. The van der Waals surface area contributed by atoms with Crippen molar-refractivity contribution in [3.8, 4) is 17.2 Å². The normalized spacial score (nSPS) is 9.96. The third kappa shape index (κ3) is 4.81. The van der Waals surface area contributed by atoms with Crippen LogP contribution in [0, 0.1) is 0 Å². The Labute approximate surface area is 141 Å². The number of anilines is 1. The van der Waals surface area contributed by atoms with E-state index in [1.54, 1.807) is 44.4 Å². The molecule has 0 aromatic heterocycles. The lowest BCUT2D eigenvalue weighted by molar-refractivity contribution is 0.242. The number of ether oxygens (including phenoxy) is 3. The standard InChI is InChI=1S/C18H22N2O4/c1-20(14-7-5-4-6-8-14)18(21)19-9-10-24-17-12-15(22-2)11-16(13-17)23-3/h4-8,11-13H,9-10H2,1-3H3,(H,19,21). The van der Waals surface area contributed by atoms with Crippen LogP contribution < -0.4 is 24.4 Å². The predicted molar refractivity (Wildman–Crippen MR) is 93.3 cm³/mol. The van der Waals surface area contributed by atoms with Crippen molar-refractivity contribution >= 4 is 11.7 Å². The molecule has 1 N–H and O–H groups in total. The maximum absolute atomic E-state index is 12.1. The van der Waals surface area contributed by atoms with Gasteiger partial charge in [-0.2, -0.15) is 0 Å². The minimum atomic E-state index is -0.187. The van der Waals surface area contributed by atoms with Gasteiger partial charge in [0.15, 0.2) is 0 Å². The van der Waals surface area contributed by atoms with Crippen molar-refractivity contribution in [1.82, 2.24) is 5.32 Å². The summed E-state index contributed by atoms with van der Waals surface area (Å²) in [6.45, 7) is 0.722. The third-order valence-electron chi connectivity index (χ3n) is 3.42. The van der Waals surface area contributed by atoms with Crippen molar-refractivity contribution in [2.45, 2.75) is 0 Å². The van der Waals surface area contributed by atoms with E-state index >= 15 is 0 Å². The van der Waals surface area contributed by atoms with Gasteiger partial charge in [0.25, 0.3) is 0 Å². The van der Waals surface area contributed by atoms with Crippen molar-refractivity contribution in [2.24, 2.45) is 0 Å². The van der Waals surface area contributed by atoms with Crippen LogP contribution in [-0.4, -0.2) is 40.5 Å². The highest BCUT2D eigenvalue weighted by Crippen LogP contribution is 2.27. The number of nitrogens with zero attached hydrogens (tertiary/aromatic N) is 1. The lowest BCUT2D eigenvalue weighted by atomic mass is 10.3. The Bertz CT molecular complexity index is 639. The Morgan fingerprint density at radius 3 is 2.17 bits per heavy atom. The summed E-state index contributed by atoms with van der Waals surface area (Å²) in [6.07, 6.45) is 0. The second-order valence-corrected chi connectivity index (χ2v) is 5.02. The van der Waals surface area contributed by atoms with E-state index in [1.165, 1.54) is 0 Å². The van der Waals surface area contributed by atoms with Gasteiger partial charge < -0.3 is 19.5 Å². The lowest BCUT2D eigenvalue weighted by Crippen LogP contribution is -2.39. The number of hydrogen-bond acceptors (Lipinski definition) is 4. The van der Waals surface area contributed by atoms with Crippen LogP contribution in [-0.2, 0) is 0 Å². The van der Waals surface area contributed by atoms with Crippen molar-refractivity contribution in [2.75, 3.05) is 39.3 Å². The molecular weight excluding hydrogens is 308 g/mol. The molecule has 128 valence electrons. The monoisotopic (exact) mass is 330 g/mol. The minimum absolute atomic E-state index is 0.187. The topological polar surface area (TPSA) is 60.0 Å². The molecule has 2 rings (SSSR count). The van der Waals surface area contributed by atoms with E-state index in [0.717, 1.165) is 5.69 Å². The largest absolute Gasteiger partial charge is 0.496 e. The Balaban J connectivity index is 1.81. The number of rotatable bonds is 7. The summed E-state index contributed by atoms with van der Waals surface area (Å²) in [6, 6.07) is 14.5. The lowest BCUT2D eigenvalue weighted by Gasteiger charge is -2.18. The number of nitrogens with one attached hydrogen (secondary N) is 1. The molecule has 6 nitrogen and oxygen atoms in total. The summed E-state index contributed by atoms with van der Waals surface area (Å²) in [4.78, 5) is 13.6. The molecule has 0 bridgehead atoms. The molecule has 2 amide bonds. The second-order valence-electron chi connectivity index (χ2n) is 5.02. The van der Waals surface area contributed by atoms with Gasteiger partial charge in [-0.25, -0.2) is 4.79 Å². The molecule has 0 aliphatic carbocycles. The van der Waals surface area contributed by atoms with Crippen LogP contribution in [0.15, 0.2) is 48.5 Å². The van der Waals surface area contributed by atoms with E-state index in [1.807, 2.05) is 30.3 Å². The molecule has 2 aromatic carbocycles. The average Bonchev–Trinajstić information content (AvgIpc) is 2.64. The fraction of sp³-hybridized carbons (Fsp3) is 0.278. The zero-order chi connectivity index (χ0) is 17.4. The van der Waals surface area contributed by atoms with Gasteiger partial charge in [0.2, 0.25) is 0 Å². The van der Waals surface area contributed by atoms with E-state index in [9.17, 15) is 4.79 Å². The van der Waals surface area contributed by atoms with E-state index in [2.05, 4.69) is 5.32 Å². The number of amides is 2. The number of methoxy groups -OCH3 is 2. The number of benzene rings is 2. The minimum Gasteiger partial charge on any atom is -0.496 e. The third-order valence-corrected chi connectivity index (χ3v) is 3.42. The Hall–Kier alpha value is -2.89. The van der Waals surface area contributed by atoms with Gasteiger partial charge in [-0.05, 0) is 12.1 Å². The molecule has 0 aliphatic rings. The number of para-hydroxylation sites is 1.